The highest BCUT2D eigenvalue weighted by Gasteiger charge is 2.16. The Bertz CT molecular complexity index is 1320. The third-order valence-electron chi connectivity index (χ3n) is 5.77. The molecule has 3 aromatic carbocycles. The van der Waals surface area contributed by atoms with Crippen molar-refractivity contribution < 1.29 is 4.79 Å². The highest BCUT2D eigenvalue weighted by molar-refractivity contribution is 7.09. The van der Waals surface area contributed by atoms with E-state index in [1.807, 2.05) is 42.5 Å². The molecule has 0 aliphatic rings. The van der Waals surface area contributed by atoms with Crippen LogP contribution in [-0.2, 0) is 13.0 Å². The van der Waals surface area contributed by atoms with Gasteiger partial charge in [0.25, 0.3) is 5.91 Å². The van der Waals surface area contributed by atoms with Crippen molar-refractivity contribution in [2.24, 2.45) is 4.99 Å². The molecule has 0 spiro atoms. The molecule has 4 heteroatoms. The molecule has 1 aromatic heterocycles. The number of amides is 1. The second kappa shape index (κ2) is 9.03. The largest absolute Gasteiger partial charge is 0.316 e. The maximum Gasteiger partial charge on any atom is 0.280 e. The van der Waals surface area contributed by atoms with Gasteiger partial charge in [0.15, 0.2) is 4.80 Å². The van der Waals surface area contributed by atoms with Crippen LogP contribution < -0.4 is 4.80 Å². The molecular formula is C27H28N2OS. The summed E-state index contributed by atoms with van der Waals surface area (Å²) in [5.74, 6) is -0.185. The van der Waals surface area contributed by atoms with Gasteiger partial charge < -0.3 is 4.57 Å². The first-order chi connectivity index (χ1) is 15.0. The molecule has 0 aliphatic heterocycles. The van der Waals surface area contributed by atoms with Crippen LogP contribution in [0, 0.1) is 13.8 Å². The Morgan fingerprint density at radius 3 is 2.48 bits per heavy atom. The molecule has 0 saturated carbocycles. The molecule has 0 aliphatic carbocycles. The average molecular weight is 429 g/mol. The summed E-state index contributed by atoms with van der Waals surface area (Å²) in [5.41, 5.74) is 5.61. The molecule has 1 amide bonds. The summed E-state index contributed by atoms with van der Waals surface area (Å²) in [6.07, 6.45) is 2.03. The molecule has 0 unspecified atom stereocenters. The van der Waals surface area contributed by atoms with Crippen molar-refractivity contribution in [2.75, 3.05) is 0 Å². The van der Waals surface area contributed by atoms with Gasteiger partial charge in [-0.1, -0.05) is 61.9 Å². The van der Waals surface area contributed by atoms with Crippen molar-refractivity contribution in [1.82, 2.24) is 4.57 Å². The van der Waals surface area contributed by atoms with Crippen LogP contribution in [0.1, 0.15) is 46.6 Å². The molecule has 0 fully saturated rings. The molecule has 0 atom stereocenters. The normalized spacial score (nSPS) is 11.9. The van der Waals surface area contributed by atoms with E-state index in [-0.39, 0.29) is 5.91 Å². The number of carbonyl (C=O) groups excluding carboxylic acids is 1. The lowest BCUT2D eigenvalue weighted by molar-refractivity contribution is 0.0999. The van der Waals surface area contributed by atoms with Crippen molar-refractivity contribution in [3.05, 3.63) is 87.0 Å². The van der Waals surface area contributed by atoms with E-state index in [9.17, 15) is 4.79 Å². The van der Waals surface area contributed by atoms with Crippen LogP contribution in [0.5, 0.6) is 0 Å². The van der Waals surface area contributed by atoms with Crippen LogP contribution in [0.2, 0.25) is 0 Å². The number of hydrogen-bond donors (Lipinski definition) is 0. The van der Waals surface area contributed by atoms with E-state index in [0.717, 1.165) is 35.0 Å². The summed E-state index contributed by atoms with van der Waals surface area (Å²) < 4.78 is 2.20. The molecule has 1 heterocycles. The molecule has 3 nitrogen and oxygen atoms in total. The molecular weight excluding hydrogens is 400 g/mol. The molecule has 4 rings (SSSR count). The van der Waals surface area contributed by atoms with E-state index in [2.05, 4.69) is 55.5 Å². The van der Waals surface area contributed by atoms with Crippen LogP contribution in [0.15, 0.2) is 65.7 Å². The second-order valence-electron chi connectivity index (χ2n) is 7.89. The maximum atomic E-state index is 13.2. The van der Waals surface area contributed by atoms with Crippen LogP contribution in [0.4, 0.5) is 0 Å². The number of nitrogens with zero attached hydrogens (tertiary/aromatic N) is 2. The lowest BCUT2D eigenvalue weighted by Crippen LogP contribution is -2.17. The molecule has 0 bridgehead atoms. The van der Waals surface area contributed by atoms with Crippen LogP contribution in [-0.4, -0.2) is 10.5 Å². The summed E-state index contributed by atoms with van der Waals surface area (Å²) >= 11 is 1.64. The zero-order valence-corrected chi connectivity index (χ0v) is 19.4. The summed E-state index contributed by atoms with van der Waals surface area (Å²) in [5, 5.41) is 2.00. The molecule has 0 radical (unpaired) electrons. The number of thiazole rings is 1. The van der Waals surface area contributed by atoms with E-state index in [4.69, 9.17) is 0 Å². The minimum atomic E-state index is -0.185. The fourth-order valence-corrected chi connectivity index (χ4v) is 5.31. The van der Waals surface area contributed by atoms with Gasteiger partial charge in [0.2, 0.25) is 0 Å². The van der Waals surface area contributed by atoms with E-state index in [0.29, 0.717) is 5.56 Å². The number of hydrogen-bond acceptors (Lipinski definition) is 2. The fraction of sp³-hybridized carbons (Fsp3) is 0.259. The van der Waals surface area contributed by atoms with Crippen molar-refractivity contribution in [1.29, 1.82) is 0 Å². The van der Waals surface area contributed by atoms with Crippen molar-refractivity contribution in [3.8, 4) is 11.3 Å². The lowest BCUT2D eigenvalue weighted by atomic mass is 10.0. The first-order valence-corrected chi connectivity index (χ1v) is 11.7. The molecule has 158 valence electrons. The molecule has 0 saturated heterocycles. The van der Waals surface area contributed by atoms with Gasteiger partial charge >= 0.3 is 0 Å². The minimum Gasteiger partial charge on any atom is -0.316 e. The average Bonchev–Trinajstić information content (AvgIpc) is 3.12. The third-order valence-corrected chi connectivity index (χ3v) is 6.91. The maximum absolute atomic E-state index is 13.2. The van der Waals surface area contributed by atoms with Crippen molar-refractivity contribution >= 4 is 28.0 Å². The van der Waals surface area contributed by atoms with E-state index in [1.165, 1.54) is 27.3 Å². The van der Waals surface area contributed by atoms with Gasteiger partial charge in [-0.15, -0.1) is 11.3 Å². The second-order valence-corrected chi connectivity index (χ2v) is 8.96. The summed E-state index contributed by atoms with van der Waals surface area (Å²) in [6.45, 7) is 9.37. The Morgan fingerprint density at radius 1 is 0.968 bits per heavy atom. The number of benzene rings is 3. The number of fused-ring (bicyclic) bond motifs is 1. The van der Waals surface area contributed by atoms with Crippen LogP contribution in [0.3, 0.4) is 0 Å². The third kappa shape index (κ3) is 4.13. The SMILES string of the molecule is CCCc1sc(=NC(=O)c2cccc3ccccc23)n(CC)c1-c1ccc(C)c(C)c1. The highest BCUT2D eigenvalue weighted by atomic mass is 32.1. The van der Waals surface area contributed by atoms with Gasteiger partial charge in [0.1, 0.15) is 0 Å². The first-order valence-electron chi connectivity index (χ1n) is 10.9. The first kappa shape index (κ1) is 21.3. The smallest absolute Gasteiger partial charge is 0.280 e. The van der Waals surface area contributed by atoms with E-state index < -0.39 is 0 Å². The predicted octanol–water partition coefficient (Wildman–Crippen LogP) is 6.70. The van der Waals surface area contributed by atoms with Crippen molar-refractivity contribution in [3.63, 3.8) is 0 Å². The van der Waals surface area contributed by atoms with Crippen LogP contribution >= 0.6 is 11.3 Å². The number of aromatic nitrogens is 1. The van der Waals surface area contributed by atoms with Gasteiger partial charge in [-0.2, -0.15) is 4.99 Å². The molecule has 0 N–H and O–H groups in total. The van der Waals surface area contributed by atoms with Gasteiger partial charge in [-0.25, -0.2) is 0 Å². The summed E-state index contributed by atoms with van der Waals surface area (Å²) in [7, 11) is 0. The number of aryl methyl sites for hydroxylation is 3. The Balaban J connectivity index is 1.89. The zero-order chi connectivity index (χ0) is 22.0. The van der Waals surface area contributed by atoms with Gasteiger partial charge in [0, 0.05) is 17.0 Å². The summed E-state index contributed by atoms with van der Waals surface area (Å²) in [6, 6.07) is 20.4. The van der Waals surface area contributed by atoms with Crippen LogP contribution in [0.25, 0.3) is 22.0 Å². The standard InChI is InChI=1S/C27H28N2OS/c1-5-10-24-25(21-16-15-18(3)19(4)17-21)29(6-2)27(31-24)28-26(30)23-14-9-12-20-11-7-8-13-22(20)23/h7-9,11-17H,5-6,10H2,1-4H3. The Morgan fingerprint density at radius 2 is 1.74 bits per heavy atom. The van der Waals surface area contributed by atoms with E-state index in [1.54, 1.807) is 11.3 Å². The zero-order valence-electron chi connectivity index (χ0n) is 18.6. The summed E-state index contributed by atoms with van der Waals surface area (Å²) in [4.78, 5) is 19.9. The van der Waals surface area contributed by atoms with Crippen molar-refractivity contribution in [2.45, 2.75) is 47.1 Å². The Labute approximate surface area is 187 Å². The Kier molecular flexibility index (Phi) is 6.19. The predicted molar refractivity (Wildman–Crippen MR) is 131 cm³/mol. The van der Waals surface area contributed by atoms with Gasteiger partial charge in [-0.3, -0.25) is 4.79 Å². The quantitative estimate of drug-likeness (QED) is 0.348. The lowest BCUT2D eigenvalue weighted by Gasteiger charge is -2.11. The highest BCUT2D eigenvalue weighted by Crippen LogP contribution is 2.29. The number of carbonyl (C=O) groups is 1. The monoisotopic (exact) mass is 428 g/mol. The number of rotatable bonds is 5. The topological polar surface area (TPSA) is 34.4 Å². The molecule has 4 aromatic rings. The Hall–Kier alpha value is -2.98. The van der Waals surface area contributed by atoms with E-state index >= 15 is 0 Å². The van der Waals surface area contributed by atoms with Gasteiger partial charge in [-0.05, 0) is 66.8 Å². The molecule has 31 heavy (non-hydrogen) atoms. The van der Waals surface area contributed by atoms with Gasteiger partial charge in [0.05, 0.1) is 5.69 Å². The fourth-order valence-electron chi connectivity index (χ4n) is 4.00. The minimum absolute atomic E-state index is 0.185.